The first kappa shape index (κ1) is 19.2. The summed E-state index contributed by atoms with van der Waals surface area (Å²) >= 11 is 0. The van der Waals surface area contributed by atoms with Crippen LogP contribution in [0.2, 0.25) is 0 Å². The standard InChI is InChI=1S/C21H32FNO/c1-2-4-17-7-9-19(10-8-17)16-24-21-13-11-18(12-14-21)5-3-6-20(22)15-23/h3,5-6,17-19,21H,2,4,7-14,16H2,1H3/b5-3+,20-6-. The van der Waals surface area contributed by atoms with Crippen LogP contribution in [0.25, 0.3) is 0 Å². The summed E-state index contributed by atoms with van der Waals surface area (Å²) in [5.41, 5.74) is 0. The molecule has 2 aliphatic carbocycles. The van der Waals surface area contributed by atoms with Crippen molar-refractivity contribution >= 4 is 0 Å². The van der Waals surface area contributed by atoms with Crippen LogP contribution in [0.3, 0.4) is 0 Å². The van der Waals surface area contributed by atoms with Crippen molar-refractivity contribution < 1.29 is 9.13 Å². The number of nitrogens with zero attached hydrogens (tertiary/aromatic N) is 1. The van der Waals surface area contributed by atoms with E-state index >= 15 is 0 Å². The Morgan fingerprint density at radius 2 is 1.75 bits per heavy atom. The largest absolute Gasteiger partial charge is 0.378 e. The maximum absolute atomic E-state index is 12.7. The van der Waals surface area contributed by atoms with Crippen molar-refractivity contribution in [2.75, 3.05) is 6.61 Å². The molecule has 0 aliphatic heterocycles. The summed E-state index contributed by atoms with van der Waals surface area (Å²) in [6.45, 7) is 3.23. The molecule has 134 valence electrons. The first-order chi connectivity index (χ1) is 11.7. The highest BCUT2D eigenvalue weighted by Gasteiger charge is 2.24. The van der Waals surface area contributed by atoms with Gasteiger partial charge in [-0.15, -0.1) is 0 Å². The van der Waals surface area contributed by atoms with Gasteiger partial charge in [0.15, 0.2) is 5.83 Å². The third-order valence-electron chi connectivity index (χ3n) is 5.68. The summed E-state index contributed by atoms with van der Waals surface area (Å²) < 4.78 is 18.9. The van der Waals surface area contributed by atoms with Gasteiger partial charge in [0.2, 0.25) is 0 Å². The molecule has 0 aromatic carbocycles. The van der Waals surface area contributed by atoms with Gasteiger partial charge in [0.1, 0.15) is 6.07 Å². The first-order valence-corrected chi connectivity index (χ1v) is 9.77. The molecule has 0 aromatic heterocycles. The second kappa shape index (κ2) is 10.7. The van der Waals surface area contributed by atoms with Crippen LogP contribution >= 0.6 is 0 Å². The summed E-state index contributed by atoms with van der Waals surface area (Å²) in [5.74, 6) is 1.51. The van der Waals surface area contributed by atoms with E-state index in [0.29, 0.717) is 12.0 Å². The van der Waals surface area contributed by atoms with Crippen molar-refractivity contribution in [1.82, 2.24) is 0 Å². The molecule has 2 saturated carbocycles. The smallest absolute Gasteiger partial charge is 0.199 e. The van der Waals surface area contributed by atoms with Crippen molar-refractivity contribution in [3.05, 3.63) is 24.1 Å². The van der Waals surface area contributed by atoms with Gasteiger partial charge in [-0.2, -0.15) is 9.65 Å². The van der Waals surface area contributed by atoms with Crippen LogP contribution in [0.15, 0.2) is 24.1 Å². The number of hydrogen-bond donors (Lipinski definition) is 0. The molecule has 0 bridgehead atoms. The van der Waals surface area contributed by atoms with E-state index in [1.54, 1.807) is 6.08 Å². The molecule has 0 radical (unpaired) electrons. The monoisotopic (exact) mass is 333 g/mol. The number of nitriles is 1. The molecule has 24 heavy (non-hydrogen) atoms. The molecule has 2 nitrogen and oxygen atoms in total. The van der Waals surface area contributed by atoms with Gasteiger partial charge in [0.05, 0.1) is 6.10 Å². The number of allylic oxidation sites excluding steroid dienone is 4. The second-order valence-electron chi connectivity index (χ2n) is 7.56. The Kier molecular flexibility index (Phi) is 8.53. The average molecular weight is 333 g/mol. The molecule has 2 fully saturated rings. The van der Waals surface area contributed by atoms with E-state index < -0.39 is 5.83 Å². The summed E-state index contributed by atoms with van der Waals surface area (Å²) in [7, 11) is 0. The molecule has 3 heteroatoms. The van der Waals surface area contributed by atoms with Gasteiger partial charge in [0, 0.05) is 6.61 Å². The predicted octanol–water partition coefficient (Wildman–Crippen LogP) is 6.10. The highest BCUT2D eigenvalue weighted by Crippen LogP contribution is 2.33. The molecule has 0 amide bonds. The second-order valence-corrected chi connectivity index (χ2v) is 7.56. The van der Waals surface area contributed by atoms with Crippen LogP contribution in [0.4, 0.5) is 4.39 Å². The number of halogens is 1. The Morgan fingerprint density at radius 3 is 2.38 bits per heavy atom. The Hall–Kier alpha value is -1.14. The van der Waals surface area contributed by atoms with Crippen molar-refractivity contribution in [2.45, 2.75) is 77.2 Å². The highest BCUT2D eigenvalue weighted by atomic mass is 19.1. The number of rotatable bonds is 7. The van der Waals surface area contributed by atoms with E-state index in [4.69, 9.17) is 10.00 Å². The molecular formula is C21H32FNO. The van der Waals surface area contributed by atoms with Crippen molar-refractivity contribution in [3.63, 3.8) is 0 Å². The van der Waals surface area contributed by atoms with Gasteiger partial charge in [0.25, 0.3) is 0 Å². The Labute approximate surface area is 146 Å². The third-order valence-corrected chi connectivity index (χ3v) is 5.68. The van der Waals surface area contributed by atoms with Gasteiger partial charge < -0.3 is 4.74 Å². The Morgan fingerprint density at radius 1 is 1.08 bits per heavy atom. The zero-order valence-electron chi connectivity index (χ0n) is 15.1. The molecule has 0 aromatic rings. The highest BCUT2D eigenvalue weighted by molar-refractivity contribution is 5.19. The first-order valence-electron chi connectivity index (χ1n) is 9.77. The minimum Gasteiger partial charge on any atom is -0.378 e. The SMILES string of the molecule is CCCC1CCC(COC2CCC(/C=C/C=C(\F)C#N)CC2)CC1. The fraction of sp³-hybridized carbons (Fsp3) is 0.762. The fourth-order valence-electron chi connectivity index (χ4n) is 4.15. The summed E-state index contributed by atoms with van der Waals surface area (Å²) in [6, 6.07) is 1.49. The number of ether oxygens (including phenoxy) is 1. The average Bonchev–Trinajstić information content (AvgIpc) is 2.62. The van der Waals surface area contributed by atoms with Crippen molar-refractivity contribution in [2.24, 2.45) is 17.8 Å². The van der Waals surface area contributed by atoms with Crippen LogP contribution in [0.5, 0.6) is 0 Å². The van der Waals surface area contributed by atoms with Gasteiger partial charge in [-0.3, -0.25) is 0 Å². The van der Waals surface area contributed by atoms with Gasteiger partial charge in [-0.25, -0.2) is 0 Å². The summed E-state index contributed by atoms with van der Waals surface area (Å²) in [6.07, 6.45) is 18.0. The summed E-state index contributed by atoms with van der Waals surface area (Å²) in [5, 5.41) is 8.37. The lowest BCUT2D eigenvalue weighted by molar-refractivity contribution is -0.00659. The minimum atomic E-state index is -0.725. The zero-order valence-corrected chi connectivity index (χ0v) is 15.1. The maximum atomic E-state index is 12.7. The molecule has 0 N–H and O–H groups in total. The van der Waals surface area contributed by atoms with Crippen LogP contribution in [0.1, 0.15) is 71.1 Å². The minimum absolute atomic E-state index is 0.411. The van der Waals surface area contributed by atoms with Gasteiger partial charge in [-0.05, 0) is 62.4 Å². The van der Waals surface area contributed by atoms with E-state index in [2.05, 4.69) is 6.92 Å². The molecule has 0 unspecified atom stereocenters. The Balaban J connectivity index is 1.59. The van der Waals surface area contributed by atoms with Crippen LogP contribution < -0.4 is 0 Å². The Bertz CT molecular complexity index is 449. The molecule has 0 heterocycles. The maximum Gasteiger partial charge on any atom is 0.199 e. The van der Waals surface area contributed by atoms with Crippen molar-refractivity contribution in [1.29, 1.82) is 5.26 Å². The summed E-state index contributed by atoms with van der Waals surface area (Å²) in [4.78, 5) is 0. The zero-order chi connectivity index (χ0) is 17.2. The van der Waals surface area contributed by atoms with Crippen LogP contribution in [-0.4, -0.2) is 12.7 Å². The van der Waals surface area contributed by atoms with Crippen molar-refractivity contribution in [3.8, 4) is 6.07 Å². The molecule has 0 saturated heterocycles. The lowest BCUT2D eigenvalue weighted by Gasteiger charge is -2.31. The molecule has 0 atom stereocenters. The molecule has 0 spiro atoms. The molecular weight excluding hydrogens is 301 g/mol. The van der Waals surface area contributed by atoms with Crippen LogP contribution in [-0.2, 0) is 4.74 Å². The van der Waals surface area contributed by atoms with E-state index in [9.17, 15) is 4.39 Å². The molecule has 2 rings (SSSR count). The molecule has 2 aliphatic rings. The number of hydrogen-bond acceptors (Lipinski definition) is 2. The predicted molar refractivity (Wildman–Crippen MR) is 96.0 cm³/mol. The lowest BCUT2D eigenvalue weighted by atomic mass is 9.80. The fourth-order valence-corrected chi connectivity index (χ4v) is 4.15. The topological polar surface area (TPSA) is 33.0 Å². The van der Waals surface area contributed by atoms with Crippen LogP contribution in [0, 0.1) is 29.1 Å². The van der Waals surface area contributed by atoms with E-state index in [1.807, 2.05) is 6.08 Å². The van der Waals surface area contributed by atoms with Gasteiger partial charge in [-0.1, -0.05) is 44.8 Å². The lowest BCUT2D eigenvalue weighted by Crippen LogP contribution is -2.25. The third kappa shape index (κ3) is 6.77. The van der Waals surface area contributed by atoms with E-state index in [1.165, 1.54) is 50.7 Å². The van der Waals surface area contributed by atoms with E-state index in [-0.39, 0.29) is 0 Å². The normalized spacial score (nSPS) is 32.0. The quantitative estimate of drug-likeness (QED) is 0.416. The van der Waals surface area contributed by atoms with Gasteiger partial charge >= 0.3 is 0 Å². The van der Waals surface area contributed by atoms with E-state index in [0.717, 1.165) is 44.1 Å².